The Kier molecular flexibility index (Phi) is 3.45. The zero-order valence-corrected chi connectivity index (χ0v) is 14.9. The van der Waals surface area contributed by atoms with Crippen LogP contribution in [0.5, 0.6) is 0 Å². The monoisotopic (exact) mass is 317 g/mol. The molecular formula is C20H31NO2. The SMILES string of the molecule is CC(=O)[C@H]1CCC2[C@@H]3CC[C@H]4NC(=O)CC[C@]4(C)C3CC[C@@]21C. The summed E-state index contributed by atoms with van der Waals surface area (Å²) < 4.78 is 0. The summed E-state index contributed by atoms with van der Waals surface area (Å²) in [5.41, 5.74) is 0.528. The van der Waals surface area contributed by atoms with Crippen molar-refractivity contribution in [3.63, 3.8) is 0 Å². The maximum atomic E-state index is 12.1. The van der Waals surface area contributed by atoms with E-state index in [9.17, 15) is 9.59 Å². The zero-order chi connectivity index (χ0) is 16.4. The van der Waals surface area contributed by atoms with E-state index in [2.05, 4.69) is 19.2 Å². The molecule has 0 spiro atoms. The molecule has 4 fully saturated rings. The Morgan fingerprint density at radius 2 is 1.74 bits per heavy atom. The van der Waals surface area contributed by atoms with E-state index in [1.807, 2.05) is 0 Å². The number of carbonyl (C=O) groups excluding carboxylic acids is 2. The molecule has 3 aliphatic carbocycles. The van der Waals surface area contributed by atoms with Gasteiger partial charge in [0.25, 0.3) is 0 Å². The van der Waals surface area contributed by atoms with Gasteiger partial charge in [-0.2, -0.15) is 0 Å². The lowest BCUT2D eigenvalue weighted by molar-refractivity contribution is -0.140. The fraction of sp³-hybridized carbons (Fsp3) is 0.900. The molecule has 128 valence electrons. The first-order chi connectivity index (χ1) is 10.9. The molecule has 2 unspecified atom stereocenters. The van der Waals surface area contributed by atoms with Crippen LogP contribution in [0.25, 0.3) is 0 Å². The smallest absolute Gasteiger partial charge is 0.220 e. The van der Waals surface area contributed by atoms with Crippen molar-refractivity contribution in [3.8, 4) is 0 Å². The van der Waals surface area contributed by atoms with Gasteiger partial charge in [0, 0.05) is 18.4 Å². The summed E-state index contributed by atoms with van der Waals surface area (Å²) in [5, 5.41) is 3.30. The van der Waals surface area contributed by atoms with E-state index >= 15 is 0 Å². The lowest BCUT2D eigenvalue weighted by Gasteiger charge is -2.60. The van der Waals surface area contributed by atoms with Gasteiger partial charge in [-0.05, 0) is 80.5 Å². The van der Waals surface area contributed by atoms with E-state index in [1.165, 1.54) is 25.7 Å². The topological polar surface area (TPSA) is 46.2 Å². The largest absolute Gasteiger partial charge is 0.353 e. The number of carbonyl (C=O) groups is 2. The van der Waals surface area contributed by atoms with Crippen LogP contribution in [0.2, 0.25) is 0 Å². The van der Waals surface area contributed by atoms with Crippen molar-refractivity contribution in [2.45, 2.75) is 78.2 Å². The standard InChI is InChI=1S/C20H31NO2/c1-12(22)14-5-6-15-13-4-7-17-20(3,11-9-18(23)21-17)16(13)8-10-19(14,15)2/h13-17H,4-11H2,1-3H3,(H,21,23)/t13-,14+,15?,16?,17+,19+,20+/m0/s1. The summed E-state index contributed by atoms with van der Waals surface area (Å²) in [4.78, 5) is 24.0. The van der Waals surface area contributed by atoms with Gasteiger partial charge < -0.3 is 5.32 Å². The molecule has 4 aliphatic rings. The van der Waals surface area contributed by atoms with E-state index in [4.69, 9.17) is 0 Å². The van der Waals surface area contributed by atoms with E-state index < -0.39 is 0 Å². The first-order valence-corrected chi connectivity index (χ1v) is 9.66. The highest BCUT2D eigenvalue weighted by molar-refractivity contribution is 5.79. The summed E-state index contributed by atoms with van der Waals surface area (Å²) in [6.45, 7) is 6.65. The molecule has 1 N–H and O–H groups in total. The Hall–Kier alpha value is -0.860. The molecule has 0 radical (unpaired) electrons. The molecule has 1 heterocycles. The van der Waals surface area contributed by atoms with Gasteiger partial charge in [-0.25, -0.2) is 0 Å². The second-order valence-corrected chi connectivity index (χ2v) is 9.37. The summed E-state index contributed by atoms with van der Waals surface area (Å²) in [6.07, 6.45) is 8.96. The van der Waals surface area contributed by atoms with Crippen molar-refractivity contribution in [2.24, 2.45) is 34.5 Å². The van der Waals surface area contributed by atoms with Gasteiger partial charge in [0.15, 0.2) is 0 Å². The molecule has 0 aromatic carbocycles. The van der Waals surface area contributed by atoms with Gasteiger partial charge in [-0.1, -0.05) is 13.8 Å². The Morgan fingerprint density at radius 3 is 2.48 bits per heavy atom. The summed E-state index contributed by atoms with van der Waals surface area (Å²) in [6, 6.07) is 0.388. The van der Waals surface area contributed by atoms with Crippen LogP contribution in [-0.2, 0) is 9.59 Å². The van der Waals surface area contributed by atoms with E-state index in [0.29, 0.717) is 24.2 Å². The van der Waals surface area contributed by atoms with E-state index in [0.717, 1.165) is 37.0 Å². The highest BCUT2D eigenvalue weighted by Gasteiger charge is 2.60. The van der Waals surface area contributed by atoms with Crippen molar-refractivity contribution in [1.29, 1.82) is 0 Å². The normalized spacial score (nSPS) is 52.1. The average molecular weight is 317 g/mol. The number of amides is 1. The highest BCUT2D eigenvalue weighted by Crippen LogP contribution is 2.65. The number of ketones is 1. The van der Waals surface area contributed by atoms with Crippen LogP contribution in [0.4, 0.5) is 0 Å². The van der Waals surface area contributed by atoms with E-state index in [-0.39, 0.29) is 16.7 Å². The Labute approximate surface area is 140 Å². The molecule has 4 rings (SSSR count). The predicted octanol–water partition coefficient (Wildman–Crippen LogP) is 3.71. The van der Waals surface area contributed by atoms with Gasteiger partial charge in [-0.3, -0.25) is 9.59 Å². The minimum atomic E-state index is 0.244. The third-order valence-corrected chi connectivity index (χ3v) is 8.59. The van der Waals surface area contributed by atoms with Crippen molar-refractivity contribution in [2.75, 3.05) is 0 Å². The van der Waals surface area contributed by atoms with Crippen LogP contribution < -0.4 is 5.32 Å². The summed E-state index contributed by atoms with van der Waals surface area (Å²) >= 11 is 0. The fourth-order valence-electron chi connectivity index (χ4n) is 7.37. The maximum absolute atomic E-state index is 12.1. The van der Waals surface area contributed by atoms with E-state index in [1.54, 1.807) is 6.92 Å². The van der Waals surface area contributed by atoms with Gasteiger partial charge in [0.2, 0.25) is 5.91 Å². The predicted molar refractivity (Wildman–Crippen MR) is 89.7 cm³/mol. The highest BCUT2D eigenvalue weighted by atomic mass is 16.1. The molecule has 3 heteroatoms. The quantitative estimate of drug-likeness (QED) is 0.801. The second kappa shape index (κ2) is 5.07. The summed E-state index contributed by atoms with van der Waals surface area (Å²) in [7, 11) is 0. The van der Waals surface area contributed by atoms with Crippen molar-refractivity contribution < 1.29 is 9.59 Å². The number of nitrogens with one attached hydrogen (secondary N) is 1. The minimum Gasteiger partial charge on any atom is -0.353 e. The van der Waals surface area contributed by atoms with Crippen LogP contribution in [0.1, 0.15) is 72.1 Å². The lowest BCUT2D eigenvalue weighted by atomic mass is 9.47. The van der Waals surface area contributed by atoms with Crippen LogP contribution >= 0.6 is 0 Å². The number of Topliss-reactive ketones (excluding diaryl/α,β-unsaturated/α-hetero) is 1. The van der Waals surface area contributed by atoms with Crippen molar-refractivity contribution in [3.05, 3.63) is 0 Å². The average Bonchev–Trinajstić information content (AvgIpc) is 2.85. The number of hydrogen-bond acceptors (Lipinski definition) is 2. The van der Waals surface area contributed by atoms with Crippen molar-refractivity contribution in [1.82, 2.24) is 5.32 Å². The van der Waals surface area contributed by atoms with Gasteiger partial charge >= 0.3 is 0 Å². The second-order valence-electron chi connectivity index (χ2n) is 9.37. The van der Waals surface area contributed by atoms with Gasteiger partial charge in [0.1, 0.15) is 5.78 Å². The van der Waals surface area contributed by atoms with Crippen LogP contribution in [0.15, 0.2) is 0 Å². The van der Waals surface area contributed by atoms with Crippen LogP contribution in [-0.4, -0.2) is 17.7 Å². The number of fused-ring (bicyclic) bond motifs is 5. The molecule has 1 amide bonds. The first kappa shape index (κ1) is 15.7. The molecule has 0 aromatic heterocycles. The molecule has 7 atom stereocenters. The van der Waals surface area contributed by atoms with Crippen LogP contribution in [0.3, 0.4) is 0 Å². The van der Waals surface area contributed by atoms with Gasteiger partial charge in [0.05, 0.1) is 0 Å². The minimum absolute atomic E-state index is 0.244. The van der Waals surface area contributed by atoms with Crippen LogP contribution in [0, 0.1) is 34.5 Å². The summed E-state index contributed by atoms with van der Waals surface area (Å²) in [5.74, 6) is 3.21. The molecular weight excluding hydrogens is 286 g/mol. The molecule has 1 saturated heterocycles. The van der Waals surface area contributed by atoms with Crippen molar-refractivity contribution >= 4 is 11.7 Å². The molecule has 3 nitrogen and oxygen atoms in total. The zero-order valence-electron chi connectivity index (χ0n) is 14.9. The van der Waals surface area contributed by atoms with Gasteiger partial charge in [-0.15, -0.1) is 0 Å². The lowest BCUT2D eigenvalue weighted by Crippen LogP contribution is -2.61. The molecule has 23 heavy (non-hydrogen) atoms. The Balaban J connectivity index is 1.63. The molecule has 3 saturated carbocycles. The molecule has 1 aliphatic heterocycles. The number of rotatable bonds is 1. The first-order valence-electron chi connectivity index (χ1n) is 9.66. The molecule has 0 bridgehead atoms. The number of hydrogen-bond donors (Lipinski definition) is 1. The fourth-order valence-corrected chi connectivity index (χ4v) is 7.37. The Morgan fingerprint density at radius 1 is 1.00 bits per heavy atom. The third kappa shape index (κ3) is 2.07. The third-order valence-electron chi connectivity index (χ3n) is 8.59. The molecule has 0 aromatic rings. The number of piperidine rings is 1. The maximum Gasteiger partial charge on any atom is 0.220 e. The Bertz CT molecular complexity index is 544.